The van der Waals surface area contributed by atoms with Gasteiger partial charge in [0.2, 0.25) is 5.91 Å². The van der Waals surface area contributed by atoms with Crippen molar-refractivity contribution in [3.63, 3.8) is 0 Å². The second-order valence-corrected chi connectivity index (χ2v) is 11.2. The van der Waals surface area contributed by atoms with Gasteiger partial charge < -0.3 is 24.3 Å². The van der Waals surface area contributed by atoms with Crippen molar-refractivity contribution in [2.45, 2.75) is 67.7 Å². The van der Waals surface area contributed by atoms with Gasteiger partial charge in [0.05, 0.1) is 29.6 Å². The van der Waals surface area contributed by atoms with Crippen molar-refractivity contribution in [3.8, 4) is 11.5 Å². The number of aliphatic hydroxyl groups is 1. The maximum absolute atomic E-state index is 13.2. The summed E-state index contributed by atoms with van der Waals surface area (Å²) in [6, 6.07) is 5.38. The number of carbonyl (C=O) groups is 1. The average Bonchev–Trinajstić information content (AvgIpc) is 3.36. The Morgan fingerprint density at radius 1 is 1.26 bits per heavy atom. The van der Waals surface area contributed by atoms with Crippen LogP contribution in [0.25, 0.3) is 6.08 Å². The number of likely N-dealkylation sites (N-methyl/N-ethyl adjacent to an activating group) is 1. The molecule has 2 N–H and O–H groups in total. The number of aromatic hydroxyl groups is 1. The van der Waals surface area contributed by atoms with E-state index in [1.807, 2.05) is 19.2 Å². The maximum atomic E-state index is 13.2. The lowest BCUT2D eigenvalue weighted by atomic mass is 9.48. The van der Waals surface area contributed by atoms with E-state index in [0.29, 0.717) is 18.6 Å². The Bertz CT molecular complexity index is 1200. The first-order valence-corrected chi connectivity index (χ1v) is 12.9. The van der Waals surface area contributed by atoms with Gasteiger partial charge in [0.1, 0.15) is 6.10 Å². The van der Waals surface area contributed by atoms with Crippen LogP contribution >= 0.6 is 0 Å². The minimum Gasteiger partial charge on any atom is -0.504 e. The van der Waals surface area contributed by atoms with Crippen LogP contribution in [0, 0.1) is 5.92 Å². The first-order chi connectivity index (χ1) is 16.9. The van der Waals surface area contributed by atoms with Crippen LogP contribution in [-0.2, 0) is 16.6 Å². The minimum atomic E-state index is -0.941. The molecule has 7 rings (SSSR count). The Labute approximate surface area is 205 Å². The fraction of sp³-hybridized carbons (Fsp3) is 0.536. The predicted molar refractivity (Wildman–Crippen MR) is 129 cm³/mol. The molecule has 184 valence electrons. The number of rotatable bonds is 5. The van der Waals surface area contributed by atoms with Gasteiger partial charge in [-0.1, -0.05) is 6.07 Å². The Morgan fingerprint density at radius 2 is 2.11 bits per heavy atom. The lowest BCUT2D eigenvalue weighted by Gasteiger charge is -2.64. The normalized spacial score (nSPS) is 35.1. The molecule has 0 unspecified atom stereocenters. The summed E-state index contributed by atoms with van der Waals surface area (Å²) in [4.78, 5) is 17.5. The number of hydrogen-bond donors (Lipinski definition) is 2. The van der Waals surface area contributed by atoms with Crippen LogP contribution in [0.15, 0.2) is 41.2 Å². The van der Waals surface area contributed by atoms with Gasteiger partial charge in [0.25, 0.3) is 0 Å². The summed E-state index contributed by atoms with van der Waals surface area (Å²) >= 11 is 0. The Hall–Kier alpha value is -2.77. The smallest absolute Gasteiger partial charge is 0.246 e. The molecule has 2 saturated carbocycles. The van der Waals surface area contributed by atoms with E-state index in [-0.39, 0.29) is 23.7 Å². The molecule has 2 aromatic rings. The standard InChI is InChI=1S/C28H32N2O5/c1-29(23(32)7-4-18-9-13-34-16-18)20-8-10-28(33)22-14-19-5-6-21(31)25-24(19)27(28,26(20)35-25)11-12-30(22)15-17-2-3-17/h4-7,9,13,16-17,20,22,26,31,33H,2-3,8,10-12,14-15H2,1H3/b7-4-/t20-,22+,26+,27+,28-/m1/s1. The first-order valence-electron chi connectivity index (χ1n) is 12.9. The fourth-order valence-electron chi connectivity index (χ4n) is 7.67. The molecule has 5 atom stereocenters. The Balaban J connectivity index is 1.28. The van der Waals surface area contributed by atoms with Crippen LogP contribution in [0.5, 0.6) is 11.5 Å². The molecule has 2 aliphatic heterocycles. The zero-order valence-corrected chi connectivity index (χ0v) is 20.0. The Kier molecular flexibility index (Phi) is 4.53. The fourth-order valence-corrected chi connectivity index (χ4v) is 7.67. The van der Waals surface area contributed by atoms with E-state index in [9.17, 15) is 15.0 Å². The molecule has 3 heterocycles. The second-order valence-electron chi connectivity index (χ2n) is 11.2. The van der Waals surface area contributed by atoms with Gasteiger partial charge in [-0.25, -0.2) is 0 Å². The van der Waals surface area contributed by atoms with Gasteiger partial charge in [0, 0.05) is 36.8 Å². The maximum Gasteiger partial charge on any atom is 0.246 e. The van der Waals surface area contributed by atoms with Crippen molar-refractivity contribution in [1.82, 2.24) is 9.80 Å². The summed E-state index contributed by atoms with van der Waals surface area (Å²) in [7, 11) is 1.82. The SMILES string of the molecule is CN(C(=O)/C=C\c1ccoc1)[C@@H]1CC[C@@]2(O)[C@@H]3Cc4ccc(O)c5c4[C@@]2(CCN3CC2CC2)[C@H]1O5. The summed E-state index contributed by atoms with van der Waals surface area (Å²) in [6.07, 6.45) is 11.5. The molecule has 1 aromatic carbocycles. The molecular weight excluding hydrogens is 444 g/mol. The number of piperidine rings is 1. The summed E-state index contributed by atoms with van der Waals surface area (Å²) in [6.45, 7) is 1.96. The van der Waals surface area contributed by atoms with Crippen LogP contribution in [0.1, 0.15) is 48.8 Å². The molecule has 1 saturated heterocycles. The van der Waals surface area contributed by atoms with Gasteiger partial charge in [-0.2, -0.15) is 0 Å². The lowest BCUT2D eigenvalue weighted by Crippen LogP contribution is -2.78. The molecule has 1 aromatic heterocycles. The second kappa shape index (κ2) is 7.37. The number of amides is 1. The number of benzene rings is 1. The minimum absolute atomic E-state index is 0.0360. The molecule has 3 aliphatic carbocycles. The summed E-state index contributed by atoms with van der Waals surface area (Å²) < 4.78 is 11.7. The molecule has 7 nitrogen and oxygen atoms in total. The average molecular weight is 477 g/mol. The topological polar surface area (TPSA) is 86.4 Å². The van der Waals surface area contributed by atoms with Crippen molar-refractivity contribution in [1.29, 1.82) is 0 Å². The van der Waals surface area contributed by atoms with Crippen LogP contribution in [-0.4, -0.2) is 69.8 Å². The number of nitrogens with zero attached hydrogens (tertiary/aromatic N) is 2. The predicted octanol–water partition coefficient (Wildman–Crippen LogP) is 3.09. The number of phenolic OH excluding ortho intramolecular Hbond substituents is 1. The summed E-state index contributed by atoms with van der Waals surface area (Å²) in [5.41, 5.74) is 1.44. The zero-order chi connectivity index (χ0) is 23.9. The third-order valence-corrected chi connectivity index (χ3v) is 9.54. The summed E-state index contributed by atoms with van der Waals surface area (Å²) in [5.74, 6) is 1.28. The number of furan rings is 1. The number of carbonyl (C=O) groups excluding carboxylic acids is 1. The van der Waals surface area contributed by atoms with Crippen LogP contribution < -0.4 is 4.74 Å². The van der Waals surface area contributed by atoms with E-state index in [1.165, 1.54) is 18.4 Å². The number of hydrogen-bond acceptors (Lipinski definition) is 6. The number of ether oxygens (including phenoxy) is 1. The van der Waals surface area contributed by atoms with E-state index in [0.717, 1.165) is 43.0 Å². The number of likely N-dealkylation sites (tertiary alicyclic amines) is 1. The highest BCUT2D eigenvalue weighted by Gasteiger charge is 2.73. The van der Waals surface area contributed by atoms with Crippen LogP contribution in [0.2, 0.25) is 0 Å². The zero-order valence-electron chi connectivity index (χ0n) is 20.0. The first kappa shape index (κ1) is 21.5. The molecule has 1 amide bonds. The van der Waals surface area contributed by atoms with Gasteiger partial charge in [-0.05, 0) is 74.8 Å². The highest BCUT2D eigenvalue weighted by Crippen LogP contribution is 2.66. The monoisotopic (exact) mass is 476 g/mol. The molecule has 2 bridgehead atoms. The van der Waals surface area contributed by atoms with E-state index in [2.05, 4.69) is 4.90 Å². The van der Waals surface area contributed by atoms with Crippen molar-refractivity contribution in [2.75, 3.05) is 20.1 Å². The van der Waals surface area contributed by atoms with Crippen molar-refractivity contribution >= 4 is 12.0 Å². The molecule has 5 aliphatic rings. The van der Waals surface area contributed by atoms with Gasteiger partial charge in [-0.3, -0.25) is 9.69 Å². The van der Waals surface area contributed by atoms with Crippen molar-refractivity contribution < 1.29 is 24.2 Å². The molecule has 0 radical (unpaired) electrons. The van der Waals surface area contributed by atoms with Crippen LogP contribution in [0.4, 0.5) is 0 Å². The van der Waals surface area contributed by atoms with E-state index in [1.54, 1.807) is 35.6 Å². The quantitative estimate of drug-likeness (QED) is 0.645. The van der Waals surface area contributed by atoms with Gasteiger partial charge in [0.15, 0.2) is 11.5 Å². The van der Waals surface area contributed by atoms with E-state index in [4.69, 9.17) is 9.15 Å². The molecular formula is C28H32N2O5. The van der Waals surface area contributed by atoms with E-state index < -0.39 is 17.1 Å². The molecule has 7 heteroatoms. The largest absolute Gasteiger partial charge is 0.504 e. The Morgan fingerprint density at radius 3 is 2.89 bits per heavy atom. The van der Waals surface area contributed by atoms with Crippen molar-refractivity contribution in [2.24, 2.45) is 5.92 Å². The van der Waals surface area contributed by atoms with E-state index >= 15 is 0 Å². The summed E-state index contributed by atoms with van der Waals surface area (Å²) in [5, 5.41) is 23.3. The van der Waals surface area contributed by atoms with Gasteiger partial charge >= 0.3 is 0 Å². The third-order valence-electron chi connectivity index (χ3n) is 9.54. The van der Waals surface area contributed by atoms with Crippen molar-refractivity contribution in [3.05, 3.63) is 53.5 Å². The molecule has 3 fully saturated rings. The molecule has 35 heavy (non-hydrogen) atoms. The van der Waals surface area contributed by atoms with Crippen LogP contribution in [0.3, 0.4) is 0 Å². The number of phenols is 1. The highest BCUT2D eigenvalue weighted by molar-refractivity contribution is 5.91. The van der Waals surface area contributed by atoms with Gasteiger partial charge in [-0.15, -0.1) is 0 Å². The lowest BCUT2D eigenvalue weighted by molar-refractivity contribution is -0.200. The highest BCUT2D eigenvalue weighted by atomic mass is 16.5. The third kappa shape index (κ3) is 2.88. The molecule has 1 spiro atoms.